The van der Waals surface area contributed by atoms with Crippen molar-refractivity contribution in [3.63, 3.8) is 0 Å². The van der Waals surface area contributed by atoms with Gasteiger partial charge < -0.3 is 10.3 Å². The average Bonchev–Trinajstić information content (AvgIpc) is 3.14. The summed E-state index contributed by atoms with van der Waals surface area (Å²) in [5, 5.41) is 0. The Balaban J connectivity index is 1.84. The second-order valence-electron chi connectivity index (χ2n) is 8.46. The van der Waals surface area contributed by atoms with Crippen LogP contribution < -0.4 is 5.73 Å². The maximum Gasteiger partial charge on any atom is 0.200 e. The Morgan fingerprint density at radius 3 is 2.69 bits per heavy atom. The van der Waals surface area contributed by atoms with Crippen LogP contribution in [0.25, 0.3) is 0 Å². The van der Waals surface area contributed by atoms with Gasteiger partial charge in [-0.05, 0) is 76.9 Å². The van der Waals surface area contributed by atoms with Crippen LogP contribution in [-0.4, -0.2) is 55.3 Å². The number of nitrogens with zero attached hydrogens (tertiary/aromatic N) is 1. The third-order valence-electron chi connectivity index (χ3n) is 5.75. The fourth-order valence-corrected chi connectivity index (χ4v) is 5.91. The van der Waals surface area contributed by atoms with Crippen molar-refractivity contribution in [2.24, 2.45) is 5.73 Å². The SMILES string of the molecule is CC(=O)[C@@H]1CCCN1C[C@H](CCCCN)OP(C)(=O)CCCCc1ccccc1. The number of nitrogens with two attached hydrogens (primary N) is 1. The van der Waals surface area contributed by atoms with Crippen LogP contribution in [0.2, 0.25) is 0 Å². The van der Waals surface area contributed by atoms with Crippen LogP contribution in [0.5, 0.6) is 0 Å². The highest BCUT2D eigenvalue weighted by Crippen LogP contribution is 2.45. The van der Waals surface area contributed by atoms with Gasteiger partial charge in [0, 0.05) is 19.4 Å². The summed E-state index contributed by atoms with van der Waals surface area (Å²) in [6.07, 6.45) is 8.18. The zero-order chi connectivity index (χ0) is 21.1. The molecule has 0 aliphatic carbocycles. The largest absolute Gasteiger partial charge is 0.330 e. The molecule has 3 atom stereocenters. The number of likely N-dealkylation sites (tertiary alicyclic amines) is 1. The van der Waals surface area contributed by atoms with E-state index in [0.29, 0.717) is 19.3 Å². The molecule has 0 bridgehead atoms. The molecule has 1 heterocycles. The zero-order valence-electron chi connectivity index (χ0n) is 18.2. The van der Waals surface area contributed by atoms with Crippen LogP contribution in [0.1, 0.15) is 57.4 Å². The summed E-state index contributed by atoms with van der Waals surface area (Å²) in [7, 11) is -2.66. The lowest BCUT2D eigenvalue weighted by atomic mass is 10.1. The van der Waals surface area contributed by atoms with Crippen molar-refractivity contribution in [3.8, 4) is 0 Å². The summed E-state index contributed by atoms with van der Waals surface area (Å²) in [5.74, 6) is 0.226. The molecule has 1 saturated heterocycles. The lowest BCUT2D eigenvalue weighted by molar-refractivity contribution is -0.121. The molecular weight excluding hydrogens is 383 g/mol. The van der Waals surface area contributed by atoms with E-state index in [1.807, 2.05) is 6.07 Å². The van der Waals surface area contributed by atoms with Crippen LogP contribution in [-0.2, 0) is 20.3 Å². The number of aryl methyl sites for hydroxylation is 1. The van der Waals surface area contributed by atoms with Crippen molar-refractivity contribution in [1.29, 1.82) is 0 Å². The maximum absolute atomic E-state index is 13.1. The molecule has 1 unspecified atom stereocenters. The first kappa shape index (κ1) is 24.3. The van der Waals surface area contributed by atoms with Gasteiger partial charge in [0.1, 0.15) is 5.78 Å². The Morgan fingerprint density at radius 1 is 1.24 bits per heavy atom. The Morgan fingerprint density at radius 2 is 2.00 bits per heavy atom. The van der Waals surface area contributed by atoms with E-state index < -0.39 is 7.37 Å². The summed E-state index contributed by atoms with van der Waals surface area (Å²) >= 11 is 0. The molecule has 1 aliphatic heterocycles. The van der Waals surface area contributed by atoms with E-state index in [1.54, 1.807) is 13.6 Å². The fraction of sp³-hybridized carbons (Fsp3) is 0.696. The van der Waals surface area contributed by atoms with E-state index in [0.717, 1.165) is 57.9 Å². The minimum atomic E-state index is -2.66. The second-order valence-corrected chi connectivity index (χ2v) is 11.1. The Hall–Kier alpha value is -1.00. The number of Topliss-reactive ketones (excluding diaryl/α,β-unsaturated/α-hetero) is 1. The van der Waals surface area contributed by atoms with E-state index in [4.69, 9.17) is 10.3 Å². The average molecular weight is 423 g/mol. The molecule has 0 radical (unpaired) electrons. The highest BCUT2D eigenvalue weighted by atomic mass is 31.2. The summed E-state index contributed by atoms with van der Waals surface area (Å²) in [6.45, 7) is 5.72. The third-order valence-corrected chi connectivity index (χ3v) is 7.62. The highest BCUT2D eigenvalue weighted by molar-refractivity contribution is 7.58. The summed E-state index contributed by atoms with van der Waals surface area (Å²) in [4.78, 5) is 14.1. The molecule has 0 aromatic heterocycles. The van der Waals surface area contributed by atoms with E-state index in [2.05, 4.69) is 29.2 Å². The highest BCUT2D eigenvalue weighted by Gasteiger charge is 2.31. The lowest BCUT2D eigenvalue weighted by Gasteiger charge is -2.29. The maximum atomic E-state index is 13.1. The van der Waals surface area contributed by atoms with E-state index in [9.17, 15) is 9.36 Å². The van der Waals surface area contributed by atoms with E-state index >= 15 is 0 Å². The van der Waals surface area contributed by atoms with Crippen molar-refractivity contribution >= 4 is 13.2 Å². The number of carbonyl (C=O) groups is 1. The van der Waals surface area contributed by atoms with Crippen LogP contribution >= 0.6 is 7.37 Å². The number of unbranched alkanes of at least 4 members (excludes halogenated alkanes) is 2. The van der Waals surface area contributed by atoms with Gasteiger partial charge in [-0.1, -0.05) is 30.3 Å². The van der Waals surface area contributed by atoms with Gasteiger partial charge >= 0.3 is 0 Å². The Kier molecular flexibility index (Phi) is 10.6. The Labute approximate surface area is 176 Å². The van der Waals surface area contributed by atoms with Crippen molar-refractivity contribution in [1.82, 2.24) is 4.90 Å². The summed E-state index contributed by atoms with van der Waals surface area (Å²) in [6, 6.07) is 10.4. The number of ketones is 1. The lowest BCUT2D eigenvalue weighted by Crippen LogP contribution is -2.40. The quantitative estimate of drug-likeness (QED) is 0.353. The molecule has 0 saturated carbocycles. The molecule has 0 amide bonds. The van der Waals surface area contributed by atoms with E-state index in [1.165, 1.54) is 5.56 Å². The first-order valence-electron chi connectivity index (χ1n) is 11.1. The smallest absolute Gasteiger partial charge is 0.200 e. The predicted molar refractivity (Wildman–Crippen MR) is 121 cm³/mol. The molecule has 2 rings (SSSR count). The van der Waals surface area contributed by atoms with Crippen LogP contribution in [0.4, 0.5) is 0 Å². The standard InChI is InChI=1S/C23H39N2O3P/c1-20(26)23-15-10-17-25(23)19-22(14-6-8-16-24)28-29(2,27)18-9-7-13-21-11-4-3-5-12-21/h3-5,11-12,22-23H,6-10,13-19,24H2,1-2H3/t22-,23-,29?/m0/s1. The molecule has 1 aliphatic rings. The minimum Gasteiger partial charge on any atom is -0.330 e. The van der Waals surface area contributed by atoms with Gasteiger partial charge in [0.25, 0.3) is 0 Å². The topological polar surface area (TPSA) is 72.6 Å². The van der Waals surface area contributed by atoms with Crippen molar-refractivity contribution in [2.75, 3.05) is 32.5 Å². The van der Waals surface area contributed by atoms with Gasteiger partial charge in [0.2, 0.25) is 0 Å². The van der Waals surface area contributed by atoms with Crippen molar-refractivity contribution in [3.05, 3.63) is 35.9 Å². The number of hydrogen-bond donors (Lipinski definition) is 1. The molecule has 2 N–H and O–H groups in total. The Bertz CT molecular complexity index is 653. The third kappa shape index (κ3) is 9.13. The fourth-order valence-electron chi connectivity index (χ4n) is 4.20. The number of rotatable bonds is 14. The van der Waals surface area contributed by atoms with Crippen molar-refractivity contribution < 1.29 is 13.9 Å². The van der Waals surface area contributed by atoms with Gasteiger partial charge in [-0.2, -0.15) is 0 Å². The van der Waals surface area contributed by atoms with Crippen LogP contribution in [0, 0.1) is 0 Å². The molecule has 5 nitrogen and oxygen atoms in total. The van der Waals surface area contributed by atoms with Crippen LogP contribution in [0.3, 0.4) is 0 Å². The van der Waals surface area contributed by atoms with Crippen LogP contribution in [0.15, 0.2) is 30.3 Å². The molecular formula is C23H39N2O3P. The van der Waals surface area contributed by atoms with E-state index in [-0.39, 0.29) is 17.9 Å². The molecule has 1 fully saturated rings. The first-order valence-corrected chi connectivity index (χ1v) is 13.4. The second kappa shape index (κ2) is 12.6. The molecule has 1 aromatic rings. The van der Waals surface area contributed by atoms with Gasteiger partial charge in [0.15, 0.2) is 7.37 Å². The first-order chi connectivity index (χ1) is 13.9. The zero-order valence-corrected chi connectivity index (χ0v) is 19.1. The number of benzene rings is 1. The molecule has 6 heteroatoms. The number of carbonyl (C=O) groups excluding carboxylic acids is 1. The predicted octanol–water partition coefficient (Wildman–Crippen LogP) is 4.48. The van der Waals surface area contributed by atoms with Crippen molar-refractivity contribution in [2.45, 2.75) is 70.4 Å². The van der Waals surface area contributed by atoms with Gasteiger partial charge in [0.05, 0.1) is 12.1 Å². The molecule has 0 spiro atoms. The molecule has 164 valence electrons. The summed E-state index contributed by atoms with van der Waals surface area (Å²) in [5.41, 5.74) is 6.97. The van der Waals surface area contributed by atoms with Gasteiger partial charge in [-0.15, -0.1) is 0 Å². The van der Waals surface area contributed by atoms with Gasteiger partial charge in [-0.25, -0.2) is 0 Å². The normalized spacial score (nSPS) is 20.4. The molecule has 1 aromatic carbocycles. The number of hydrogen-bond acceptors (Lipinski definition) is 5. The monoisotopic (exact) mass is 422 g/mol. The van der Waals surface area contributed by atoms with Gasteiger partial charge in [-0.3, -0.25) is 14.3 Å². The summed E-state index contributed by atoms with van der Waals surface area (Å²) < 4.78 is 19.3. The molecule has 29 heavy (non-hydrogen) atoms. The minimum absolute atomic E-state index is 0.00211.